The van der Waals surface area contributed by atoms with Crippen molar-refractivity contribution in [2.75, 3.05) is 19.7 Å². The molecule has 0 aliphatic rings. The predicted molar refractivity (Wildman–Crippen MR) is 70.2 cm³/mol. The first-order valence-electron chi connectivity index (χ1n) is 5.49. The van der Waals surface area contributed by atoms with Crippen molar-refractivity contribution in [1.29, 1.82) is 0 Å². The average Bonchev–Trinajstić information content (AvgIpc) is 2.29. The number of halogens is 2. The average molecular weight is 340 g/mol. The van der Waals surface area contributed by atoms with Gasteiger partial charge >= 0.3 is 0 Å². The predicted octanol–water partition coefficient (Wildman–Crippen LogP) is 1.98. The van der Waals surface area contributed by atoms with E-state index in [0.29, 0.717) is 13.0 Å². The third-order valence-corrected chi connectivity index (χ3v) is 5.38. The summed E-state index contributed by atoms with van der Waals surface area (Å²) in [6.45, 7) is 2.17. The summed E-state index contributed by atoms with van der Waals surface area (Å²) in [4.78, 5) is 0.0312. The van der Waals surface area contributed by atoms with E-state index in [9.17, 15) is 12.8 Å². The number of rotatable bonds is 6. The molecule has 0 amide bonds. The van der Waals surface area contributed by atoms with E-state index in [1.54, 1.807) is 6.92 Å². The quantitative estimate of drug-likeness (QED) is 0.862. The highest BCUT2D eigenvalue weighted by Crippen LogP contribution is 2.25. The van der Waals surface area contributed by atoms with Crippen LogP contribution in [0.4, 0.5) is 4.39 Å². The Morgan fingerprint density at radius 1 is 1.44 bits per heavy atom. The lowest BCUT2D eigenvalue weighted by atomic mass is 10.3. The van der Waals surface area contributed by atoms with Crippen LogP contribution in [0.2, 0.25) is 0 Å². The summed E-state index contributed by atoms with van der Waals surface area (Å²) < 4.78 is 39.0. The summed E-state index contributed by atoms with van der Waals surface area (Å²) in [5.74, 6) is -0.501. The lowest BCUT2D eigenvalue weighted by Crippen LogP contribution is -2.32. The number of aliphatic hydroxyl groups excluding tert-OH is 1. The molecule has 0 aliphatic carbocycles. The summed E-state index contributed by atoms with van der Waals surface area (Å²) in [6.07, 6.45) is 0.367. The maximum atomic E-state index is 12.9. The number of benzene rings is 1. The summed E-state index contributed by atoms with van der Waals surface area (Å²) in [5.41, 5.74) is 0. The van der Waals surface area contributed by atoms with Crippen LogP contribution in [0, 0.1) is 5.82 Å². The molecule has 0 heterocycles. The van der Waals surface area contributed by atoms with Gasteiger partial charge in [0.15, 0.2) is 0 Å². The van der Waals surface area contributed by atoms with Gasteiger partial charge in [0.05, 0.1) is 4.90 Å². The largest absolute Gasteiger partial charge is 0.396 e. The summed E-state index contributed by atoms with van der Waals surface area (Å²) >= 11 is 3.05. The normalized spacial score (nSPS) is 12.1. The second kappa shape index (κ2) is 6.60. The molecule has 0 saturated heterocycles. The maximum Gasteiger partial charge on any atom is 0.244 e. The fraction of sp³-hybridized carbons (Fsp3) is 0.455. The van der Waals surface area contributed by atoms with E-state index in [1.807, 2.05) is 0 Å². The first-order chi connectivity index (χ1) is 8.43. The zero-order chi connectivity index (χ0) is 13.8. The van der Waals surface area contributed by atoms with Gasteiger partial charge in [-0.25, -0.2) is 12.8 Å². The molecule has 1 aromatic carbocycles. The van der Waals surface area contributed by atoms with Gasteiger partial charge in [-0.2, -0.15) is 4.31 Å². The maximum absolute atomic E-state index is 12.9. The van der Waals surface area contributed by atoms with Crippen LogP contribution >= 0.6 is 15.9 Å². The molecule has 18 heavy (non-hydrogen) atoms. The van der Waals surface area contributed by atoms with Gasteiger partial charge in [-0.15, -0.1) is 0 Å². The lowest BCUT2D eigenvalue weighted by molar-refractivity contribution is 0.271. The van der Waals surface area contributed by atoms with Crippen molar-refractivity contribution in [1.82, 2.24) is 4.31 Å². The van der Waals surface area contributed by atoms with Crippen LogP contribution in [0.25, 0.3) is 0 Å². The van der Waals surface area contributed by atoms with Crippen molar-refractivity contribution < 1.29 is 17.9 Å². The molecule has 4 nitrogen and oxygen atoms in total. The number of hydrogen-bond acceptors (Lipinski definition) is 3. The molecule has 0 fully saturated rings. The summed E-state index contributed by atoms with van der Waals surface area (Å²) in [7, 11) is -3.66. The van der Waals surface area contributed by atoms with E-state index in [4.69, 9.17) is 5.11 Å². The minimum absolute atomic E-state index is 0.0312. The number of hydrogen-bond donors (Lipinski definition) is 1. The monoisotopic (exact) mass is 339 g/mol. The zero-order valence-electron chi connectivity index (χ0n) is 9.94. The fourth-order valence-electron chi connectivity index (χ4n) is 1.52. The van der Waals surface area contributed by atoms with Gasteiger partial charge in [0.2, 0.25) is 10.0 Å². The molecule has 0 bridgehead atoms. The van der Waals surface area contributed by atoms with Crippen molar-refractivity contribution in [2.24, 2.45) is 0 Å². The molecule has 0 atom stereocenters. The Bertz CT molecular complexity index is 507. The standard InChI is InChI=1S/C11H15BrFNO3S/c1-2-14(6-3-7-15)18(16,17)11-5-4-9(13)8-10(11)12/h4-5,8,15H,2-3,6-7H2,1H3. The van der Waals surface area contributed by atoms with E-state index >= 15 is 0 Å². The minimum Gasteiger partial charge on any atom is -0.396 e. The Kier molecular flexibility index (Phi) is 5.71. The van der Waals surface area contributed by atoms with Gasteiger partial charge in [-0.3, -0.25) is 0 Å². The Labute approximate surface area is 115 Å². The Balaban J connectivity index is 3.10. The molecule has 102 valence electrons. The first-order valence-corrected chi connectivity index (χ1v) is 7.72. The Hall–Kier alpha value is -0.500. The van der Waals surface area contributed by atoms with Gasteiger partial charge < -0.3 is 5.11 Å². The molecule has 0 spiro atoms. The van der Waals surface area contributed by atoms with Crippen LogP contribution < -0.4 is 0 Å². The van der Waals surface area contributed by atoms with Gasteiger partial charge in [-0.1, -0.05) is 6.92 Å². The first kappa shape index (κ1) is 15.6. The van der Waals surface area contributed by atoms with Gasteiger partial charge in [-0.05, 0) is 40.5 Å². The molecule has 1 rings (SSSR count). The highest BCUT2D eigenvalue weighted by Gasteiger charge is 2.25. The van der Waals surface area contributed by atoms with E-state index in [0.717, 1.165) is 12.1 Å². The van der Waals surface area contributed by atoms with Crippen molar-refractivity contribution in [2.45, 2.75) is 18.2 Å². The summed E-state index contributed by atoms with van der Waals surface area (Å²) in [6, 6.07) is 3.46. The van der Waals surface area contributed by atoms with Crippen LogP contribution in [0.3, 0.4) is 0 Å². The highest BCUT2D eigenvalue weighted by atomic mass is 79.9. The van der Waals surface area contributed by atoms with Crippen molar-refractivity contribution in [3.8, 4) is 0 Å². The number of sulfonamides is 1. The third-order valence-electron chi connectivity index (χ3n) is 2.43. The molecule has 0 unspecified atom stereocenters. The molecule has 0 aliphatic heterocycles. The number of nitrogens with zero attached hydrogens (tertiary/aromatic N) is 1. The molecule has 0 radical (unpaired) electrons. The molecular weight excluding hydrogens is 325 g/mol. The molecule has 0 aromatic heterocycles. The second-order valence-corrected chi connectivity index (χ2v) is 6.41. The van der Waals surface area contributed by atoms with Gasteiger partial charge in [0.1, 0.15) is 5.82 Å². The Morgan fingerprint density at radius 2 is 2.11 bits per heavy atom. The van der Waals surface area contributed by atoms with Crippen LogP contribution in [-0.4, -0.2) is 37.5 Å². The Morgan fingerprint density at radius 3 is 2.61 bits per heavy atom. The minimum atomic E-state index is -3.66. The van der Waals surface area contributed by atoms with Crippen molar-refractivity contribution in [3.05, 3.63) is 28.5 Å². The van der Waals surface area contributed by atoms with Crippen molar-refractivity contribution in [3.63, 3.8) is 0 Å². The van der Waals surface area contributed by atoms with Crippen LogP contribution in [0.5, 0.6) is 0 Å². The van der Waals surface area contributed by atoms with Crippen LogP contribution in [0.15, 0.2) is 27.6 Å². The van der Waals surface area contributed by atoms with Gasteiger partial charge in [0.25, 0.3) is 0 Å². The summed E-state index contributed by atoms with van der Waals surface area (Å²) in [5, 5.41) is 8.76. The topological polar surface area (TPSA) is 57.6 Å². The molecule has 1 N–H and O–H groups in total. The highest BCUT2D eigenvalue weighted by molar-refractivity contribution is 9.10. The molecule has 0 saturated carbocycles. The molecular formula is C11H15BrFNO3S. The molecule has 1 aromatic rings. The zero-order valence-corrected chi connectivity index (χ0v) is 12.3. The number of aliphatic hydroxyl groups is 1. The van der Waals surface area contributed by atoms with E-state index in [2.05, 4.69) is 15.9 Å². The second-order valence-electron chi connectivity index (χ2n) is 3.65. The van der Waals surface area contributed by atoms with Gasteiger partial charge in [0, 0.05) is 24.2 Å². The SMILES string of the molecule is CCN(CCCO)S(=O)(=O)c1ccc(F)cc1Br. The fourth-order valence-corrected chi connectivity index (χ4v) is 4.02. The van der Waals surface area contributed by atoms with E-state index < -0.39 is 15.8 Å². The van der Waals surface area contributed by atoms with Crippen molar-refractivity contribution >= 4 is 26.0 Å². The van der Waals surface area contributed by atoms with Crippen LogP contribution in [0.1, 0.15) is 13.3 Å². The van der Waals surface area contributed by atoms with Crippen LogP contribution in [-0.2, 0) is 10.0 Å². The molecule has 7 heteroatoms. The van der Waals surface area contributed by atoms with E-state index in [1.165, 1.54) is 10.4 Å². The van der Waals surface area contributed by atoms with E-state index in [-0.39, 0.29) is 22.5 Å². The smallest absolute Gasteiger partial charge is 0.244 e. The lowest BCUT2D eigenvalue weighted by Gasteiger charge is -2.20. The third kappa shape index (κ3) is 3.50.